The quantitative estimate of drug-likeness (QED) is 0.842. The van der Waals surface area contributed by atoms with Crippen molar-refractivity contribution in [3.8, 4) is 0 Å². The molecule has 2 aliphatic rings. The minimum Gasteiger partial charge on any atom is -0.338 e. The Morgan fingerprint density at radius 3 is 2.62 bits per heavy atom. The fraction of sp³-hybridized carbons (Fsp3) is 0.722. The molecule has 2 amide bonds. The van der Waals surface area contributed by atoms with Gasteiger partial charge in [0.05, 0.1) is 17.2 Å². The first-order chi connectivity index (χ1) is 11.5. The fourth-order valence-corrected chi connectivity index (χ4v) is 5.33. The standard InChI is InChI=1S/C18H27N3O2S/c1-4-20(14(3)22)15-10-18(8-6-5-7-9-18)21(11-15)17(23)16-13(2)19-12-24-16/h12,15H,4-11H2,1-3H3/t15-/m0/s1. The number of thiazole rings is 1. The van der Waals surface area contributed by atoms with Crippen LogP contribution in [-0.4, -0.2) is 51.3 Å². The lowest BCUT2D eigenvalue weighted by atomic mass is 9.79. The van der Waals surface area contributed by atoms with Gasteiger partial charge in [0, 0.05) is 25.6 Å². The summed E-state index contributed by atoms with van der Waals surface area (Å²) in [6, 6.07) is 0.141. The number of hydrogen-bond donors (Lipinski definition) is 0. The molecule has 0 N–H and O–H groups in total. The lowest BCUT2D eigenvalue weighted by Crippen LogP contribution is -2.48. The predicted molar refractivity (Wildman–Crippen MR) is 95.2 cm³/mol. The van der Waals surface area contributed by atoms with Gasteiger partial charge < -0.3 is 9.80 Å². The van der Waals surface area contributed by atoms with Crippen LogP contribution in [0, 0.1) is 6.92 Å². The van der Waals surface area contributed by atoms with E-state index >= 15 is 0 Å². The van der Waals surface area contributed by atoms with Crippen LogP contribution in [0.15, 0.2) is 5.51 Å². The molecule has 0 radical (unpaired) electrons. The third-order valence-electron chi connectivity index (χ3n) is 5.74. The highest BCUT2D eigenvalue weighted by Crippen LogP contribution is 2.44. The van der Waals surface area contributed by atoms with Gasteiger partial charge in [-0.2, -0.15) is 0 Å². The Kier molecular flexibility index (Phi) is 4.95. The molecule has 0 aromatic carbocycles. The summed E-state index contributed by atoms with van der Waals surface area (Å²) in [6.07, 6.45) is 6.63. The van der Waals surface area contributed by atoms with Gasteiger partial charge >= 0.3 is 0 Å². The normalized spacial score (nSPS) is 22.8. The Labute approximate surface area is 148 Å². The number of nitrogens with zero attached hydrogens (tertiary/aromatic N) is 3. The van der Waals surface area contributed by atoms with Crippen LogP contribution >= 0.6 is 11.3 Å². The average molecular weight is 350 g/mol. The molecule has 132 valence electrons. The van der Waals surface area contributed by atoms with Gasteiger partial charge in [0.2, 0.25) is 5.91 Å². The molecule has 1 aromatic rings. The zero-order valence-electron chi connectivity index (χ0n) is 14.9. The molecule has 24 heavy (non-hydrogen) atoms. The first-order valence-corrected chi connectivity index (χ1v) is 9.86. The molecule has 2 fully saturated rings. The molecule has 1 saturated heterocycles. The molecule has 0 bridgehead atoms. The Bertz CT molecular complexity index is 622. The summed E-state index contributed by atoms with van der Waals surface area (Å²) in [6.45, 7) is 6.92. The molecule has 1 spiro atoms. The summed E-state index contributed by atoms with van der Waals surface area (Å²) in [7, 11) is 0. The van der Waals surface area contributed by atoms with Crippen LogP contribution in [0.2, 0.25) is 0 Å². The fourth-order valence-electron chi connectivity index (χ4n) is 4.58. The number of likely N-dealkylation sites (tertiary alicyclic amines) is 1. The van der Waals surface area contributed by atoms with Crippen LogP contribution in [0.4, 0.5) is 0 Å². The minimum absolute atomic E-state index is 0.0701. The summed E-state index contributed by atoms with van der Waals surface area (Å²) in [5.74, 6) is 0.218. The Morgan fingerprint density at radius 2 is 2.08 bits per heavy atom. The maximum Gasteiger partial charge on any atom is 0.266 e. The topological polar surface area (TPSA) is 53.5 Å². The largest absolute Gasteiger partial charge is 0.338 e. The third kappa shape index (κ3) is 2.96. The molecule has 1 aromatic heterocycles. The summed E-state index contributed by atoms with van der Waals surface area (Å²) in [5, 5.41) is 0. The highest BCUT2D eigenvalue weighted by atomic mass is 32.1. The van der Waals surface area contributed by atoms with Crippen LogP contribution in [0.5, 0.6) is 0 Å². The molecule has 1 aliphatic carbocycles. The van der Waals surface area contributed by atoms with Crippen molar-refractivity contribution in [2.75, 3.05) is 13.1 Å². The summed E-state index contributed by atoms with van der Waals surface area (Å²) >= 11 is 1.43. The number of aromatic nitrogens is 1. The van der Waals surface area contributed by atoms with Crippen molar-refractivity contribution in [3.05, 3.63) is 16.1 Å². The number of carbonyl (C=O) groups excluding carboxylic acids is 2. The van der Waals surface area contributed by atoms with E-state index < -0.39 is 0 Å². The van der Waals surface area contributed by atoms with Crippen LogP contribution in [-0.2, 0) is 4.79 Å². The van der Waals surface area contributed by atoms with E-state index in [0.717, 1.165) is 29.8 Å². The summed E-state index contributed by atoms with van der Waals surface area (Å²) in [4.78, 5) is 34.3. The van der Waals surface area contributed by atoms with Gasteiger partial charge in [-0.1, -0.05) is 19.3 Å². The van der Waals surface area contributed by atoms with Crippen molar-refractivity contribution in [1.82, 2.24) is 14.8 Å². The molecule has 0 unspecified atom stereocenters. The Balaban J connectivity index is 1.91. The van der Waals surface area contributed by atoms with Gasteiger partial charge in [-0.05, 0) is 33.1 Å². The van der Waals surface area contributed by atoms with Crippen LogP contribution in [0.3, 0.4) is 0 Å². The van der Waals surface area contributed by atoms with Crippen molar-refractivity contribution in [1.29, 1.82) is 0 Å². The number of aryl methyl sites for hydroxylation is 1. The number of carbonyl (C=O) groups is 2. The Hall–Kier alpha value is -1.43. The minimum atomic E-state index is -0.0701. The van der Waals surface area contributed by atoms with E-state index in [-0.39, 0.29) is 23.4 Å². The van der Waals surface area contributed by atoms with Gasteiger partial charge in [0.15, 0.2) is 0 Å². The van der Waals surface area contributed by atoms with Gasteiger partial charge in [0.25, 0.3) is 5.91 Å². The number of hydrogen-bond acceptors (Lipinski definition) is 4. The SMILES string of the molecule is CCN(C(C)=O)[C@@H]1CN(C(=O)c2scnc2C)C2(CCCCC2)C1. The van der Waals surface area contributed by atoms with Crippen molar-refractivity contribution in [3.63, 3.8) is 0 Å². The molecule has 1 atom stereocenters. The molecule has 6 heteroatoms. The summed E-state index contributed by atoms with van der Waals surface area (Å²) in [5.41, 5.74) is 2.50. The van der Waals surface area contributed by atoms with E-state index in [4.69, 9.17) is 0 Å². The molecule has 1 aliphatic heterocycles. The number of likely N-dealkylation sites (N-methyl/N-ethyl adjacent to an activating group) is 1. The molecule has 2 heterocycles. The first kappa shape index (κ1) is 17.4. The predicted octanol–water partition coefficient (Wildman–Crippen LogP) is 3.24. The highest BCUT2D eigenvalue weighted by molar-refractivity contribution is 7.11. The number of amides is 2. The lowest BCUT2D eigenvalue weighted by molar-refractivity contribution is -0.130. The molecule has 1 saturated carbocycles. The highest BCUT2D eigenvalue weighted by Gasteiger charge is 2.50. The van der Waals surface area contributed by atoms with Gasteiger partial charge in [-0.15, -0.1) is 11.3 Å². The molecule has 3 rings (SSSR count). The van der Waals surface area contributed by atoms with E-state index in [1.165, 1.54) is 30.6 Å². The van der Waals surface area contributed by atoms with Crippen molar-refractivity contribution in [2.45, 2.75) is 70.9 Å². The molecule has 5 nitrogen and oxygen atoms in total. The maximum absolute atomic E-state index is 13.2. The second-order valence-electron chi connectivity index (χ2n) is 7.13. The average Bonchev–Trinajstić information content (AvgIpc) is 3.12. The smallest absolute Gasteiger partial charge is 0.266 e. The van der Waals surface area contributed by atoms with E-state index in [0.29, 0.717) is 13.1 Å². The van der Waals surface area contributed by atoms with Gasteiger partial charge in [0.1, 0.15) is 4.88 Å². The zero-order valence-corrected chi connectivity index (χ0v) is 15.7. The second kappa shape index (κ2) is 6.82. The van der Waals surface area contributed by atoms with Crippen molar-refractivity contribution >= 4 is 23.2 Å². The van der Waals surface area contributed by atoms with Crippen LogP contribution in [0.25, 0.3) is 0 Å². The van der Waals surface area contributed by atoms with E-state index in [1.807, 2.05) is 18.7 Å². The lowest BCUT2D eigenvalue weighted by Gasteiger charge is -2.41. The monoisotopic (exact) mass is 349 g/mol. The van der Waals surface area contributed by atoms with Crippen molar-refractivity contribution in [2.24, 2.45) is 0 Å². The van der Waals surface area contributed by atoms with Gasteiger partial charge in [-0.3, -0.25) is 9.59 Å². The second-order valence-corrected chi connectivity index (χ2v) is 7.99. The number of rotatable bonds is 3. The maximum atomic E-state index is 13.2. The van der Waals surface area contributed by atoms with Crippen LogP contribution in [0.1, 0.15) is 67.7 Å². The summed E-state index contributed by atoms with van der Waals surface area (Å²) < 4.78 is 0. The molecular formula is C18H27N3O2S. The van der Waals surface area contributed by atoms with Crippen molar-refractivity contribution < 1.29 is 9.59 Å². The van der Waals surface area contributed by atoms with E-state index in [2.05, 4.69) is 9.88 Å². The third-order valence-corrected chi connectivity index (χ3v) is 6.65. The Morgan fingerprint density at radius 1 is 1.38 bits per heavy atom. The molecular weight excluding hydrogens is 322 g/mol. The van der Waals surface area contributed by atoms with E-state index in [1.54, 1.807) is 12.4 Å². The van der Waals surface area contributed by atoms with Gasteiger partial charge in [-0.25, -0.2) is 4.98 Å². The van der Waals surface area contributed by atoms with Crippen LogP contribution < -0.4 is 0 Å². The first-order valence-electron chi connectivity index (χ1n) is 8.98. The zero-order chi connectivity index (χ0) is 17.3. The van der Waals surface area contributed by atoms with E-state index in [9.17, 15) is 9.59 Å².